The van der Waals surface area contributed by atoms with Crippen molar-refractivity contribution in [3.05, 3.63) is 65.7 Å². The molecule has 0 aromatic heterocycles. The van der Waals surface area contributed by atoms with Crippen molar-refractivity contribution in [2.45, 2.75) is 19.8 Å². The van der Waals surface area contributed by atoms with Gasteiger partial charge in [-0.05, 0) is 48.9 Å². The number of nitrogens with one attached hydrogen (secondary N) is 1. The maximum Gasteiger partial charge on any atom is 0.261 e. The van der Waals surface area contributed by atoms with Crippen molar-refractivity contribution in [3.63, 3.8) is 0 Å². The van der Waals surface area contributed by atoms with Gasteiger partial charge in [0.15, 0.2) is 0 Å². The van der Waals surface area contributed by atoms with E-state index < -0.39 is 0 Å². The monoisotopic (exact) mass is 378 g/mol. The Bertz CT molecular complexity index is 1020. The molecule has 0 saturated heterocycles. The van der Waals surface area contributed by atoms with E-state index >= 15 is 0 Å². The Balaban J connectivity index is 0.00000225. The molecule has 4 N–H and O–H groups in total. The highest BCUT2D eigenvalue weighted by atomic mass is 16.3. The summed E-state index contributed by atoms with van der Waals surface area (Å²) in [7, 11) is 0. The first-order valence-electron chi connectivity index (χ1n) is 9.08. The molecule has 6 nitrogen and oxygen atoms in total. The van der Waals surface area contributed by atoms with Crippen LogP contribution < -0.4 is 5.32 Å². The van der Waals surface area contributed by atoms with E-state index in [1.54, 1.807) is 36.4 Å². The first-order chi connectivity index (χ1) is 13.1. The van der Waals surface area contributed by atoms with Crippen molar-refractivity contribution < 1.29 is 20.2 Å². The number of phenols is 1. The molecule has 0 fully saturated rings. The quantitative estimate of drug-likeness (QED) is 0.520. The summed E-state index contributed by atoms with van der Waals surface area (Å²) in [6, 6.07) is 15.9. The smallest absolute Gasteiger partial charge is 0.261 e. The van der Waals surface area contributed by atoms with Crippen LogP contribution in [0.15, 0.2) is 54.6 Å². The highest BCUT2D eigenvalue weighted by Crippen LogP contribution is 2.35. The normalized spacial score (nSPS) is 12.8. The summed E-state index contributed by atoms with van der Waals surface area (Å²) in [5.41, 5.74) is 2.75. The molecular formula is C22H22N2O4. The Morgan fingerprint density at radius 1 is 0.929 bits per heavy atom. The molecule has 0 spiro atoms. The molecule has 0 radical (unpaired) electrons. The van der Waals surface area contributed by atoms with Crippen LogP contribution in [0.5, 0.6) is 5.75 Å². The van der Waals surface area contributed by atoms with Gasteiger partial charge in [-0.3, -0.25) is 14.5 Å². The summed E-state index contributed by atoms with van der Waals surface area (Å²) in [5, 5.41) is 14.3. The molecule has 6 heteroatoms. The number of unbranched alkanes of at least 4 members (excludes halogenated alkanes) is 1. The van der Waals surface area contributed by atoms with Gasteiger partial charge in [0.05, 0.1) is 0 Å². The van der Waals surface area contributed by atoms with Crippen molar-refractivity contribution in [2.75, 3.05) is 11.9 Å². The lowest BCUT2D eigenvalue weighted by molar-refractivity contribution is 0.0608. The van der Waals surface area contributed by atoms with Crippen LogP contribution >= 0.6 is 0 Å². The number of carbonyl (C=O) groups is 2. The van der Waals surface area contributed by atoms with Crippen molar-refractivity contribution in [3.8, 4) is 5.75 Å². The number of carbonyl (C=O) groups excluding carboxylic acids is 2. The van der Waals surface area contributed by atoms with E-state index in [-0.39, 0.29) is 23.0 Å². The number of anilines is 2. The van der Waals surface area contributed by atoms with Crippen molar-refractivity contribution in [1.82, 2.24) is 4.90 Å². The molecule has 2 amide bonds. The fourth-order valence-corrected chi connectivity index (χ4v) is 3.47. The van der Waals surface area contributed by atoms with E-state index in [1.165, 1.54) is 4.90 Å². The standard InChI is InChI=1S/C22H20N2O3.H2O/c1-2-3-13-24-21(26)17-6-4-5-16-19(12-11-18(20(16)17)22(24)27)23-14-7-9-15(25)10-8-14;/h4-12,23,25H,2-3,13H2,1H3;1H2. The van der Waals surface area contributed by atoms with Gasteiger partial charge >= 0.3 is 0 Å². The molecule has 1 heterocycles. The fraction of sp³-hybridized carbons (Fsp3) is 0.182. The molecule has 3 aromatic rings. The minimum Gasteiger partial charge on any atom is -0.508 e. The Labute approximate surface area is 162 Å². The molecule has 144 valence electrons. The summed E-state index contributed by atoms with van der Waals surface area (Å²) in [6.07, 6.45) is 1.72. The highest BCUT2D eigenvalue weighted by molar-refractivity contribution is 6.26. The van der Waals surface area contributed by atoms with Crippen LogP contribution in [0.25, 0.3) is 10.8 Å². The molecule has 0 atom stereocenters. The van der Waals surface area contributed by atoms with Gasteiger partial charge in [0.1, 0.15) is 5.75 Å². The van der Waals surface area contributed by atoms with Gasteiger partial charge in [0, 0.05) is 39.8 Å². The third-order valence-electron chi connectivity index (χ3n) is 4.87. The number of phenolic OH excluding ortho intramolecular Hbond substituents is 1. The summed E-state index contributed by atoms with van der Waals surface area (Å²) < 4.78 is 0. The van der Waals surface area contributed by atoms with E-state index in [4.69, 9.17) is 0 Å². The maximum atomic E-state index is 12.9. The van der Waals surface area contributed by atoms with Crippen molar-refractivity contribution >= 4 is 34.0 Å². The number of rotatable bonds is 5. The lowest BCUT2D eigenvalue weighted by Crippen LogP contribution is -2.40. The minimum absolute atomic E-state index is 0. The van der Waals surface area contributed by atoms with Crippen LogP contribution in [-0.2, 0) is 0 Å². The van der Waals surface area contributed by atoms with Gasteiger partial charge in [0.2, 0.25) is 0 Å². The van der Waals surface area contributed by atoms with E-state index in [1.807, 2.05) is 25.1 Å². The molecule has 28 heavy (non-hydrogen) atoms. The lowest BCUT2D eigenvalue weighted by atomic mass is 9.93. The van der Waals surface area contributed by atoms with Crippen LogP contribution in [0.1, 0.15) is 40.5 Å². The van der Waals surface area contributed by atoms with Gasteiger partial charge in [-0.2, -0.15) is 0 Å². The molecule has 0 unspecified atom stereocenters. The average molecular weight is 378 g/mol. The zero-order chi connectivity index (χ0) is 19.0. The average Bonchev–Trinajstić information content (AvgIpc) is 2.68. The Morgan fingerprint density at radius 3 is 2.29 bits per heavy atom. The van der Waals surface area contributed by atoms with Crippen molar-refractivity contribution in [1.29, 1.82) is 0 Å². The fourth-order valence-electron chi connectivity index (χ4n) is 3.47. The van der Waals surface area contributed by atoms with E-state index in [0.717, 1.165) is 29.6 Å². The molecule has 4 rings (SSSR count). The van der Waals surface area contributed by atoms with Crippen LogP contribution in [-0.4, -0.2) is 33.8 Å². The number of benzene rings is 3. The zero-order valence-corrected chi connectivity index (χ0v) is 15.5. The Morgan fingerprint density at radius 2 is 1.61 bits per heavy atom. The first-order valence-corrected chi connectivity index (χ1v) is 9.08. The Kier molecular flexibility index (Phi) is 5.33. The number of hydrogen-bond donors (Lipinski definition) is 2. The van der Waals surface area contributed by atoms with Crippen LogP contribution in [0.3, 0.4) is 0 Å². The third-order valence-corrected chi connectivity index (χ3v) is 4.87. The Hall–Kier alpha value is -3.38. The predicted octanol–water partition coefficient (Wildman–Crippen LogP) is 3.86. The van der Waals surface area contributed by atoms with Gasteiger partial charge in [-0.25, -0.2) is 0 Å². The molecule has 1 aliphatic heterocycles. The molecule has 1 aliphatic rings. The van der Waals surface area contributed by atoms with Gasteiger partial charge in [-0.15, -0.1) is 0 Å². The largest absolute Gasteiger partial charge is 0.508 e. The van der Waals surface area contributed by atoms with E-state index in [9.17, 15) is 14.7 Å². The molecule has 0 bridgehead atoms. The number of imide groups is 1. The topological polar surface area (TPSA) is 101 Å². The van der Waals surface area contributed by atoms with Crippen LogP contribution in [0.4, 0.5) is 11.4 Å². The summed E-state index contributed by atoms with van der Waals surface area (Å²) >= 11 is 0. The number of amides is 2. The second kappa shape index (κ2) is 7.70. The number of hydrogen-bond acceptors (Lipinski definition) is 4. The van der Waals surface area contributed by atoms with Crippen LogP contribution in [0, 0.1) is 0 Å². The second-order valence-electron chi connectivity index (χ2n) is 6.68. The molecule has 0 aliphatic carbocycles. The highest BCUT2D eigenvalue weighted by Gasteiger charge is 2.32. The van der Waals surface area contributed by atoms with Crippen molar-refractivity contribution in [2.24, 2.45) is 0 Å². The second-order valence-corrected chi connectivity index (χ2v) is 6.68. The SMILES string of the molecule is CCCCN1C(=O)c2cccc3c(Nc4ccc(O)cc4)ccc(c23)C1=O.O. The first kappa shape index (κ1) is 19.4. The maximum absolute atomic E-state index is 12.9. The molecular weight excluding hydrogens is 356 g/mol. The summed E-state index contributed by atoms with van der Waals surface area (Å²) in [5.74, 6) is -0.262. The molecule has 3 aromatic carbocycles. The minimum atomic E-state index is -0.228. The zero-order valence-electron chi connectivity index (χ0n) is 15.5. The van der Waals surface area contributed by atoms with Gasteiger partial charge in [-0.1, -0.05) is 25.5 Å². The molecule has 0 saturated carbocycles. The third kappa shape index (κ3) is 3.18. The predicted molar refractivity (Wildman–Crippen MR) is 109 cm³/mol. The van der Waals surface area contributed by atoms with Crippen LogP contribution in [0.2, 0.25) is 0 Å². The number of aromatic hydroxyl groups is 1. The van der Waals surface area contributed by atoms with E-state index in [0.29, 0.717) is 23.1 Å². The van der Waals surface area contributed by atoms with Gasteiger partial charge < -0.3 is 15.9 Å². The lowest BCUT2D eigenvalue weighted by Gasteiger charge is -2.27. The van der Waals surface area contributed by atoms with E-state index in [2.05, 4.69) is 5.32 Å². The number of nitrogens with zero attached hydrogens (tertiary/aromatic N) is 1. The summed E-state index contributed by atoms with van der Waals surface area (Å²) in [6.45, 7) is 2.48. The summed E-state index contributed by atoms with van der Waals surface area (Å²) in [4.78, 5) is 27.1. The van der Waals surface area contributed by atoms with Gasteiger partial charge in [0.25, 0.3) is 11.8 Å².